The van der Waals surface area contributed by atoms with E-state index in [-0.39, 0.29) is 0 Å². The Morgan fingerprint density at radius 2 is 2.00 bits per heavy atom. The van der Waals surface area contributed by atoms with E-state index in [4.69, 9.17) is 22.1 Å². The molecule has 18 heavy (non-hydrogen) atoms. The SMILES string of the molecule is CCOc1cc(N)cc(Nc2ccccc2Cl)c1. The zero-order valence-corrected chi connectivity index (χ0v) is 10.9. The van der Waals surface area contributed by atoms with Crippen LogP contribution in [0.1, 0.15) is 6.92 Å². The highest BCUT2D eigenvalue weighted by Gasteiger charge is 2.02. The third-order valence-corrected chi connectivity index (χ3v) is 2.72. The molecule has 2 rings (SSSR count). The number of nitrogen functional groups attached to an aromatic ring is 1. The second-order valence-corrected chi connectivity index (χ2v) is 4.24. The molecule has 0 saturated heterocycles. The molecule has 0 amide bonds. The summed E-state index contributed by atoms with van der Waals surface area (Å²) < 4.78 is 5.44. The summed E-state index contributed by atoms with van der Waals surface area (Å²) >= 11 is 6.09. The van der Waals surface area contributed by atoms with E-state index in [1.165, 1.54) is 0 Å². The summed E-state index contributed by atoms with van der Waals surface area (Å²) in [7, 11) is 0. The summed E-state index contributed by atoms with van der Waals surface area (Å²) in [4.78, 5) is 0. The molecule has 0 saturated carbocycles. The van der Waals surface area contributed by atoms with Crippen molar-refractivity contribution in [1.82, 2.24) is 0 Å². The number of benzene rings is 2. The largest absolute Gasteiger partial charge is 0.494 e. The van der Waals surface area contributed by atoms with Gasteiger partial charge in [-0.3, -0.25) is 0 Å². The summed E-state index contributed by atoms with van der Waals surface area (Å²) in [6.07, 6.45) is 0. The first-order valence-electron chi connectivity index (χ1n) is 5.74. The zero-order chi connectivity index (χ0) is 13.0. The van der Waals surface area contributed by atoms with Crippen LogP contribution in [0.4, 0.5) is 17.1 Å². The van der Waals surface area contributed by atoms with E-state index >= 15 is 0 Å². The van der Waals surface area contributed by atoms with Crippen molar-refractivity contribution in [3.8, 4) is 5.75 Å². The highest BCUT2D eigenvalue weighted by molar-refractivity contribution is 6.33. The molecule has 0 radical (unpaired) electrons. The van der Waals surface area contributed by atoms with Gasteiger partial charge in [-0.25, -0.2) is 0 Å². The number of rotatable bonds is 4. The summed E-state index contributed by atoms with van der Waals surface area (Å²) in [5.74, 6) is 0.743. The Bertz CT molecular complexity index is 543. The Balaban J connectivity index is 2.26. The van der Waals surface area contributed by atoms with Gasteiger partial charge in [0.05, 0.1) is 17.3 Å². The van der Waals surface area contributed by atoms with Crippen LogP contribution in [0.3, 0.4) is 0 Å². The quantitative estimate of drug-likeness (QED) is 0.817. The molecule has 0 bridgehead atoms. The van der Waals surface area contributed by atoms with Gasteiger partial charge in [-0.05, 0) is 25.1 Å². The summed E-state index contributed by atoms with van der Waals surface area (Å²) in [5.41, 5.74) is 8.17. The second kappa shape index (κ2) is 5.65. The van der Waals surface area contributed by atoms with Crippen molar-refractivity contribution in [2.45, 2.75) is 6.92 Å². The molecule has 0 fully saturated rings. The maximum atomic E-state index is 6.09. The van der Waals surface area contributed by atoms with Gasteiger partial charge in [-0.15, -0.1) is 0 Å². The minimum atomic E-state index is 0.606. The van der Waals surface area contributed by atoms with Crippen molar-refractivity contribution in [2.24, 2.45) is 0 Å². The number of halogens is 1. The lowest BCUT2D eigenvalue weighted by Crippen LogP contribution is -1.97. The summed E-state index contributed by atoms with van der Waals surface area (Å²) in [5, 5.41) is 3.88. The van der Waals surface area contributed by atoms with Crippen LogP contribution in [-0.2, 0) is 0 Å². The third kappa shape index (κ3) is 3.08. The molecule has 0 atom stereocenters. The molecule has 3 N–H and O–H groups in total. The van der Waals surface area contributed by atoms with Gasteiger partial charge in [0.2, 0.25) is 0 Å². The van der Waals surface area contributed by atoms with Gasteiger partial charge in [-0.2, -0.15) is 0 Å². The lowest BCUT2D eigenvalue weighted by Gasteiger charge is -2.11. The van der Waals surface area contributed by atoms with Gasteiger partial charge in [0.25, 0.3) is 0 Å². The number of anilines is 3. The lowest BCUT2D eigenvalue weighted by molar-refractivity contribution is 0.340. The average molecular weight is 263 g/mol. The Morgan fingerprint density at radius 1 is 1.22 bits per heavy atom. The fourth-order valence-electron chi connectivity index (χ4n) is 1.66. The Kier molecular flexibility index (Phi) is 3.95. The fraction of sp³-hybridized carbons (Fsp3) is 0.143. The first kappa shape index (κ1) is 12.6. The van der Waals surface area contributed by atoms with E-state index in [0.717, 1.165) is 17.1 Å². The summed E-state index contributed by atoms with van der Waals surface area (Å²) in [6.45, 7) is 2.54. The predicted molar refractivity (Wildman–Crippen MR) is 76.8 cm³/mol. The van der Waals surface area contributed by atoms with Gasteiger partial charge in [0.15, 0.2) is 0 Å². The monoisotopic (exact) mass is 262 g/mol. The molecular formula is C14H15ClN2O. The molecule has 4 heteroatoms. The van der Waals surface area contributed by atoms with E-state index in [9.17, 15) is 0 Å². The van der Waals surface area contributed by atoms with E-state index in [1.54, 1.807) is 6.07 Å². The maximum Gasteiger partial charge on any atom is 0.123 e. The third-order valence-electron chi connectivity index (χ3n) is 2.39. The zero-order valence-electron chi connectivity index (χ0n) is 10.1. The van der Waals surface area contributed by atoms with Gasteiger partial charge in [0, 0.05) is 23.5 Å². The number of nitrogens with two attached hydrogens (primary N) is 1. The predicted octanol–water partition coefficient (Wildman–Crippen LogP) is 4.06. The minimum Gasteiger partial charge on any atom is -0.494 e. The molecule has 94 valence electrons. The average Bonchev–Trinajstić information content (AvgIpc) is 2.32. The molecule has 3 nitrogen and oxygen atoms in total. The Morgan fingerprint density at radius 3 is 2.72 bits per heavy atom. The van der Waals surface area contributed by atoms with Crippen molar-refractivity contribution >= 4 is 28.7 Å². The van der Waals surface area contributed by atoms with E-state index < -0.39 is 0 Å². The van der Waals surface area contributed by atoms with Crippen LogP contribution >= 0.6 is 11.6 Å². The van der Waals surface area contributed by atoms with Crippen LogP contribution in [0.2, 0.25) is 5.02 Å². The van der Waals surface area contributed by atoms with Crippen molar-refractivity contribution in [1.29, 1.82) is 0 Å². The molecule has 0 unspecified atom stereocenters. The highest BCUT2D eigenvalue weighted by atomic mass is 35.5. The fourth-order valence-corrected chi connectivity index (χ4v) is 1.85. The van der Waals surface area contributed by atoms with Crippen LogP contribution in [0, 0.1) is 0 Å². The van der Waals surface area contributed by atoms with Crippen LogP contribution < -0.4 is 15.8 Å². The molecule has 0 aliphatic heterocycles. The van der Waals surface area contributed by atoms with E-state index in [0.29, 0.717) is 17.3 Å². The van der Waals surface area contributed by atoms with Crippen LogP contribution in [-0.4, -0.2) is 6.61 Å². The van der Waals surface area contributed by atoms with Gasteiger partial charge in [-0.1, -0.05) is 23.7 Å². The molecule has 0 aliphatic carbocycles. The van der Waals surface area contributed by atoms with Crippen LogP contribution in [0.25, 0.3) is 0 Å². The van der Waals surface area contributed by atoms with Crippen molar-refractivity contribution in [3.63, 3.8) is 0 Å². The number of para-hydroxylation sites is 1. The van der Waals surface area contributed by atoms with E-state index in [2.05, 4.69) is 5.32 Å². The molecule has 0 aromatic heterocycles. The second-order valence-electron chi connectivity index (χ2n) is 3.83. The van der Waals surface area contributed by atoms with Crippen molar-refractivity contribution < 1.29 is 4.74 Å². The normalized spacial score (nSPS) is 10.1. The molecule has 0 aliphatic rings. The molecule has 2 aromatic rings. The van der Waals surface area contributed by atoms with Gasteiger partial charge < -0.3 is 15.8 Å². The van der Waals surface area contributed by atoms with Crippen LogP contribution in [0.15, 0.2) is 42.5 Å². The molecule has 0 spiro atoms. The number of hydrogen-bond acceptors (Lipinski definition) is 3. The molecular weight excluding hydrogens is 248 g/mol. The first-order valence-corrected chi connectivity index (χ1v) is 6.11. The minimum absolute atomic E-state index is 0.606. The van der Waals surface area contributed by atoms with Gasteiger partial charge in [0.1, 0.15) is 5.75 Å². The molecule has 0 heterocycles. The van der Waals surface area contributed by atoms with Crippen LogP contribution in [0.5, 0.6) is 5.75 Å². The Hall–Kier alpha value is -1.87. The standard InChI is InChI=1S/C14H15ClN2O/c1-2-18-12-8-10(16)7-11(9-12)17-14-6-4-3-5-13(14)15/h3-9,17H,2,16H2,1H3. The van der Waals surface area contributed by atoms with Crippen molar-refractivity contribution in [3.05, 3.63) is 47.5 Å². The number of hydrogen-bond donors (Lipinski definition) is 2. The Labute approximate surface area is 112 Å². The smallest absolute Gasteiger partial charge is 0.123 e. The topological polar surface area (TPSA) is 47.3 Å². The maximum absolute atomic E-state index is 6.09. The number of nitrogens with one attached hydrogen (secondary N) is 1. The molecule has 2 aromatic carbocycles. The van der Waals surface area contributed by atoms with E-state index in [1.807, 2.05) is 43.3 Å². The summed E-state index contributed by atoms with van der Waals surface area (Å²) in [6, 6.07) is 13.1. The van der Waals surface area contributed by atoms with Crippen molar-refractivity contribution in [2.75, 3.05) is 17.7 Å². The van der Waals surface area contributed by atoms with Gasteiger partial charge >= 0.3 is 0 Å². The first-order chi connectivity index (χ1) is 8.69. The highest BCUT2D eigenvalue weighted by Crippen LogP contribution is 2.28. The number of ether oxygens (including phenoxy) is 1. The lowest BCUT2D eigenvalue weighted by atomic mass is 10.2.